The zero-order valence-electron chi connectivity index (χ0n) is 19.9. The summed E-state index contributed by atoms with van der Waals surface area (Å²) in [6.07, 6.45) is -0.816. The van der Waals surface area contributed by atoms with Gasteiger partial charge in [0, 0.05) is 41.5 Å². The number of sulfonamides is 1. The van der Waals surface area contributed by atoms with Gasteiger partial charge in [0.25, 0.3) is 10.0 Å². The van der Waals surface area contributed by atoms with Gasteiger partial charge in [-0.25, -0.2) is 23.0 Å². The van der Waals surface area contributed by atoms with Crippen molar-refractivity contribution >= 4 is 44.1 Å². The predicted octanol–water partition coefficient (Wildman–Crippen LogP) is 1.71. The average Bonchev–Trinajstić information content (AvgIpc) is 3.32. The Balaban J connectivity index is 2.16. The number of carbonyl (C=O) groups excluding carboxylic acids is 2. The van der Waals surface area contributed by atoms with Crippen LogP contribution in [0, 0.1) is 0 Å². The zero-order valence-corrected chi connectivity index (χ0v) is 21.5. The SMILES string of the molecule is C=C(C)C(=O)OCC(O)CN(CC(O)COC(=O)C(=C)C)c1ccc(S(=O)(=O)Nc2nccs2)cc1. The summed E-state index contributed by atoms with van der Waals surface area (Å²) >= 11 is 1.14. The summed E-state index contributed by atoms with van der Waals surface area (Å²) in [4.78, 5) is 28.7. The minimum atomic E-state index is -3.88. The number of thiazole rings is 1. The monoisotopic (exact) mass is 539 g/mol. The van der Waals surface area contributed by atoms with Crippen LogP contribution < -0.4 is 9.62 Å². The Morgan fingerprint density at radius 1 is 1.03 bits per heavy atom. The van der Waals surface area contributed by atoms with Gasteiger partial charge < -0.3 is 24.6 Å². The lowest BCUT2D eigenvalue weighted by Gasteiger charge is -2.29. The Morgan fingerprint density at radius 2 is 1.53 bits per heavy atom. The fourth-order valence-corrected chi connectivity index (χ4v) is 4.56. The van der Waals surface area contributed by atoms with Crippen molar-refractivity contribution in [3.05, 3.63) is 60.1 Å². The van der Waals surface area contributed by atoms with Crippen LogP contribution in [0.2, 0.25) is 0 Å². The normalized spacial score (nSPS) is 12.8. The third-order valence-corrected chi connectivity index (χ3v) is 6.71. The molecule has 0 bridgehead atoms. The summed E-state index contributed by atoms with van der Waals surface area (Å²) in [5, 5.41) is 22.7. The Bertz CT molecular complexity index is 1130. The number of aliphatic hydroxyl groups is 2. The van der Waals surface area contributed by atoms with Gasteiger partial charge in [0.1, 0.15) is 25.4 Å². The fraction of sp³-hybridized carbons (Fsp3) is 0.348. The highest BCUT2D eigenvalue weighted by atomic mass is 32.2. The smallest absolute Gasteiger partial charge is 0.333 e. The van der Waals surface area contributed by atoms with Gasteiger partial charge in [-0.05, 0) is 38.1 Å². The molecular weight excluding hydrogens is 510 g/mol. The van der Waals surface area contributed by atoms with Crippen LogP contribution in [-0.2, 0) is 29.1 Å². The van der Waals surface area contributed by atoms with Crippen molar-refractivity contribution in [3.8, 4) is 0 Å². The third-order valence-electron chi connectivity index (χ3n) is 4.54. The van der Waals surface area contributed by atoms with E-state index < -0.39 is 34.2 Å². The first-order chi connectivity index (χ1) is 16.9. The van der Waals surface area contributed by atoms with E-state index in [4.69, 9.17) is 9.47 Å². The molecule has 196 valence electrons. The van der Waals surface area contributed by atoms with Gasteiger partial charge in [-0.2, -0.15) is 0 Å². The lowest BCUT2D eigenvalue weighted by atomic mass is 10.2. The maximum Gasteiger partial charge on any atom is 0.333 e. The molecule has 36 heavy (non-hydrogen) atoms. The molecule has 13 heteroatoms. The Kier molecular flexibility index (Phi) is 10.6. The van der Waals surface area contributed by atoms with Crippen LogP contribution in [0.25, 0.3) is 0 Å². The van der Waals surface area contributed by atoms with E-state index in [1.165, 1.54) is 44.3 Å². The molecule has 1 heterocycles. The second-order valence-electron chi connectivity index (χ2n) is 7.91. The molecule has 0 spiro atoms. The summed E-state index contributed by atoms with van der Waals surface area (Å²) in [6.45, 7) is 9.08. The average molecular weight is 540 g/mol. The number of esters is 2. The van der Waals surface area contributed by atoms with Gasteiger partial charge in [0.05, 0.1) is 4.90 Å². The molecule has 11 nitrogen and oxygen atoms in total. The first kappa shape index (κ1) is 29.0. The molecule has 0 aliphatic heterocycles. The van der Waals surface area contributed by atoms with Crippen LogP contribution in [0.3, 0.4) is 0 Å². The Morgan fingerprint density at radius 3 is 1.94 bits per heavy atom. The fourth-order valence-electron chi connectivity index (χ4n) is 2.77. The van der Waals surface area contributed by atoms with Crippen molar-refractivity contribution in [2.24, 2.45) is 0 Å². The lowest BCUT2D eigenvalue weighted by Crippen LogP contribution is -2.41. The quantitative estimate of drug-likeness (QED) is 0.239. The second-order valence-corrected chi connectivity index (χ2v) is 10.5. The summed E-state index contributed by atoms with van der Waals surface area (Å²) in [6, 6.07) is 5.71. The Labute approximate surface area is 213 Å². The molecule has 0 fully saturated rings. The minimum absolute atomic E-state index is 0.0201. The number of hydrogen-bond acceptors (Lipinski definition) is 11. The summed E-state index contributed by atoms with van der Waals surface area (Å²) in [7, 11) is -3.88. The molecule has 2 unspecified atom stereocenters. The van der Waals surface area contributed by atoms with Gasteiger partial charge in [-0.15, -0.1) is 11.3 Å². The molecule has 2 atom stereocenters. The summed E-state index contributed by atoms with van der Waals surface area (Å²) in [5.41, 5.74) is 0.813. The number of nitrogens with one attached hydrogen (secondary N) is 1. The largest absolute Gasteiger partial charge is 0.460 e. The van der Waals surface area contributed by atoms with Crippen LogP contribution >= 0.6 is 11.3 Å². The molecule has 0 amide bonds. The lowest BCUT2D eigenvalue weighted by molar-refractivity contribution is -0.142. The van der Waals surface area contributed by atoms with Crippen molar-refractivity contribution < 1.29 is 37.7 Å². The number of rotatable bonds is 14. The molecule has 2 aromatic rings. The first-order valence-corrected chi connectivity index (χ1v) is 13.0. The maximum atomic E-state index is 12.6. The summed E-state index contributed by atoms with van der Waals surface area (Å²) < 4.78 is 37.5. The van der Waals surface area contributed by atoms with Crippen LogP contribution in [0.15, 0.2) is 65.0 Å². The molecule has 3 N–H and O–H groups in total. The molecule has 1 aromatic heterocycles. The van der Waals surface area contributed by atoms with E-state index in [-0.39, 0.29) is 47.5 Å². The molecule has 1 aromatic carbocycles. The van der Waals surface area contributed by atoms with Gasteiger partial charge >= 0.3 is 11.9 Å². The van der Waals surface area contributed by atoms with E-state index in [2.05, 4.69) is 22.9 Å². The molecule has 0 radical (unpaired) electrons. The van der Waals surface area contributed by atoms with Gasteiger partial charge in [-0.3, -0.25) is 4.72 Å². The van der Waals surface area contributed by atoms with Crippen molar-refractivity contribution in [1.82, 2.24) is 4.98 Å². The van der Waals surface area contributed by atoms with E-state index in [1.807, 2.05) is 0 Å². The van der Waals surface area contributed by atoms with Crippen LogP contribution in [0.5, 0.6) is 0 Å². The molecule has 0 saturated heterocycles. The van der Waals surface area contributed by atoms with Crippen molar-refractivity contribution in [2.45, 2.75) is 31.0 Å². The van der Waals surface area contributed by atoms with Crippen LogP contribution in [0.1, 0.15) is 13.8 Å². The van der Waals surface area contributed by atoms with E-state index in [0.29, 0.717) is 5.69 Å². The maximum absolute atomic E-state index is 12.6. The summed E-state index contributed by atoms with van der Waals surface area (Å²) in [5.74, 6) is -1.32. The third kappa shape index (κ3) is 9.07. The second kappa shape index (κ2) is 13.2. The predicted molar refractivity (Wildman–Crippen MR) is 135 cm³/mol. The van der Waals surface area contributed by atoms with Crippen molar-refractivity contribution in [3.63, 3.8) is 0 Å². The van der Waals surface area contributed by atoms with E-state index >= 15 is 0 Å². The van der Waals surface area contributed by atoms with Crippen LogP contribution in [-0.4, -0.2) is 74.1 Å². The van der Waals surface area contributed by atoms with Gasteiger partial charge in [-0.1, -0.05) is 13.2 Å². The molecule has 2 rings (SSSR count). The topological polar surface area (TPSA) is 155 Å². The number of nitrogens with zero attached hydrogens (tertiary/aromatic N) is 2. The number of hydrogen-bond donors (Lipinski definition) is 3. The number of ether oxygens (including phenoxy) is 2. The minimum Gasteiger partial charge on any atom is -0.460 e. The number of anilines is 2. The van der Waals surface area contributed by atoms with Crippen molar-refractivity contribution in [1.29, 1.82) is 0 Å². The molecule has 0 saturated carbocycles. The number of benzene rings is 1. The first-order valence-electron chi connectivity index (χ1n) is 10.7. The van der Waals surface area contributed by atoms with E-state index in [1.54, 1.807) is 10.3 Å². The molecular formula is C23H29N3O8S2. The highest BCUT2D eigenvalue weighted by molar-refractivity contribution is 7.93. The van der Waals surface area contributed by atoms with Crippen molar-refractivity contribution in [2.75, 3.05) is 35.9 Å². The van der Waals surface area contributed by atoms with E-state index in [9.17, 15) is 28.2 Å². The number of aliphatic hydroxyl groups excluding tert-OH is 2. The Hall–Kier alpha value is -3.26. The molecule has 0 aliphatic rings. The highest BCUT2D eigenvalue weighted by Crippen LogP contribution is 2.22. The standard InChI is InChI=1S/C23H29N3O8S2/c1-15(2)21(29)33-13-18(27)11-26(12-19(28)14-34-22(30)16(3)4)17-5-7-20(8-6-17)36(31,32)25-23-24-9-10-35-23/h5-10,18-19,27-28H,1,3,11-14H2,2,4H3,(H,24,25). The van der Waals surface area contributed by atoms with Gasteiger partial charge in [0.2, 0.25) is 0 Å². The highest BCUT2D eigenvalue weighted by Gasteiger charge is 2.21. The number of aromatic nitrogens is 1. The van der Waals surface area contributed by atoms with Gasteiger partial charge in [0.15, 0.2) is 5.13 Å². The molecule has 0 aliphatic carbocycles. The number of carbonyl (C=O) groups is 2. The van der Waals surface area contributed by atoms with Crippen LogP contribution in [0.4, 0.5) is 10.8 Å². The van der Waals surface area contributed by atoms with E-state index in [0.717, 1.165) is 11.3 Å². The zero-order chi connectivity index (χ0) is 26.9.